The third-order valence-electron chi connectivity index (χ3n) is 5.29. The van der Waals surface area contributed by atoms with E-state index in [1.54, 1.807) is 4.52 Å². The van der Waals surface area contributed by atoms with E-state index in [9.17, 15) is 4.79 Å². The second-order valence-corrected chi connectivity index (χ2v) is 7.84. The minimum Gasteiger partial charge on any atom is -0.355 e. The largest absolute Gasteiger partial charge is 0.355 e. The van der Waals surface area contributed by atoms with Crippen LogP contribution in [0.4, 0.5) is 5.82 Å². The Morgan fingerprint density at radius 3 is 2.57 bits per heavy atom. The summed E-state index contributed by atoms with van der Waals surface area (Å²) in [5, 5.41) is 7.47. The predicted molar refractivity (Wildman–Crippen MR) is 111 cm³/mol. The number of anilines is 1. The van der Waals surface area contributed by atoms with Gasteiger partial charge in [0, 0.05) is 25.7 Å². The summed E-state index contributed by atoms with van der Waals surface area (Å²) in [6, 6.07) is 10.2. The van der Waals surface area contributed by atoms with Gasteiger partial charge in [-0.3, -0.25) is 4.79 Å². The van der Waals surface area contributed by atoms with Crippen molar-refractivity contribution in [1.82, 2.24) is 19.9 Å². The first kappa shape index (κ1) is 18.5. The fourth-order valence-electron chi connectivity index (χ4n) is 3.66. The van der Waals surface area contributed by atoms with Crippen molar-refractivity contribution in [1.29, 1.82) is 0 Å². The zero-order valence-corrected chi connectivity index (χ0v) is 16.8. The molecule has 0 aliphatic carbocycles. The molecule has 3 heterocycles. The third-order valence-corrected chi connectivity index (χ3v) is 5.29. The first-order chi connectivity index (χ1) is 13.5. The zero-order valence-electron chi connectivity index (χ0n) is 16.8. The molecule has 3 aromatic rings. The number of rotatable bonds is 5. The molecule has 0 saturated carbocycles. The average Bonchev–Trinajstić information content (AvgIpc) is 3.35. The van der Waals surface area contributed by atoms with E-state index in [1.807, 2.05) is 19.2 Å². The lowest BCUT2D eigenvalue weighted by molar-refractivity contribution is 0.0945. The maximum Gasteiger partial charge on any atom is 0.272 e. The topological polar surface area (TPSA) is 62.5 Å². The van der Waals surface area contributed by atoms with E-state index in [1.165, 1.54) is 18.4 Å². The normalized spacial score (nSPS) is 14.2. The SMILES string of the molecule is Cc1cn2nc(C(=O)NCc3ccc(C(C)C)cc3)cc2c(N2CCCC2)n1. The summed E-state index contributed by atoms with van der Waals surface area (Å²) >= 11 is 0. The van der Waals surface area contributed by atoms with Crippen LogP contribution in [-0.2, 0) is 6.54 Å². The molecule has 0 atom stereocenters. The molecule has 1 N–H and O–H groups in total. The first-order valence-corrected chi connectivity index (χ1v) is 10.0. The fourth-order valence-corrected chi connectivity index (χ4v) is 3.66. The van der Waals surface area contributed by atoms with E-state index < -0.39 is 0 Å². The van der Waals surface area contributed by atoms with Gasteiger partial charge in [-0.1, -0.05) is 38.1 Å². The molecule has 2 aromatic heterocycles. The number of aromatic nitrogens is 3. The number of nitrogens with zero attached hydrogens (tertiary/aromatic N) is 4. The number of hydrogen-bond donors (Lipinski definition) is 1. The molecule has 28 heavy (non-hydrogen) atoms. The van der Waals surface area contributed by atoms with Gasteiger partial charge in [-0.2, -0.15) is 5.10 Å². The standard InChI is InChI=1S/C22H27N5O/c1-15(2)18-8-6-17(7-9-18)13-23-22(28)19-12-20-21(26-10-4-5-11-26)24-16(3)14-27(20)25-19/h6-9,12,14-15H,4-5,10-11,13H2,1-3H3,(H,23,28). The molecule has 0 spiro atoms. The molecular formula is C22H27N5O. The van der Waals surface area contributed by atoms with Gasteiger partial charge in [0.1, 0.15) is 5.52 Å². The number of carbonyl (C=O) groups is 1. The lowest BCUT2D eigenvalue weighted by Gasteiger charge is -2.17. The minimum absolute atomic E-state index is 0.165. The Balaban J connectivity index is 1.52. The summed E-state index contributed by atoms with van der Waals surface area (Å²) < 4.78 is 1.78. The predicted octanol–water partition coefficient (Wildman–Crippen LogP) is 3.69. The highest BCUT2D eigenvalue weighted by Gasteiger charge is 2.20. The lowest BCUT2D eigenvalue weighted by atomic mass is 10.0. The number of fused-ring (bicyclic) bond motifs is 1. The van der Waals surface area contributed by atoms with Gasteiger partial charge in [-0.15, -0.1) is 0 Å². The van der Waals surface area contributed by atoms with Crippen molar-refractivity contribution < 1.29 is 4.79 Å². The van der Waals surface area contributed by atoms with Crippen LogP contribution < -0.4 is 10.2 Å². The molecule has 4 rings (SSSR count). The molecule has 0 unspecified atom stereocenters. The van der Waals surface area contributed by atoms with Crippen molar-refractivity contribution in [3.63, 3.8) is 0 Å². The van der Waals surface area contributed by atoms with Crippen LogP contribution in [-0.4, -0.2) is 33.6 Å². The highest BCUT2D eigenvalue weighted by atomic mass is 16.1. The maximum absolute atomic E-state index is 12.7. The van der Waals surface area contributed by atoms with Crippen molar-refractivity contribution in [2.24, 2.45) is 0 Å². The summed E-state index contributed by atoms with van der Waals surface area (Å²) in [5.41, 5.74) is 4.59. The summed E-state index contributed by atoms with van der Waals surface area (Å²) in [4.78, 5) is 19.6. The van der Waals surface area contributed by atoms with Gasteiger partial charge in [0.05, 0.1) is 11.9 Å². The first-order valence-electron chi connectivity index (χ1n) is 10.0. The Kier molecular flexibility index (Phi) is 5.03. The number of carbonyl (C=O) groups excluding carboxylic acids is 1. The third kappa shape index (κ3) is 3.72. The van der Waals surface area contributed by atoms with Crippen LogP contribution in [0.1, 0.15) is 59.9 Å². The summed E-state index contributed by atoms with van der Waals surface area (Å²) in [6.07, 6.45) is 4.23. The van der Waals surface area contributed by atoms with Crippen LogP contribution >= 0.6 is 0 Å². The Hall–Kier alpha value is -2.89. The van der Waals surface area contributed by atoms with Gasteiger partial charge >= 0.3 is 0 Å². The molecule has 1 aliphatic heterocycles. The van der Waals surface area contributed by atoms with E-state index in [0.717, 1.165) is 35.7 Å². The van der Waals surface area contributed by atoms with Gasteiger partial charge in [0.2, 0.25) is 0 Å². The number of nitrogens with one attached hydrogen (secondary N) is 1. The van der Waals surface area contributed by atoms with E-state index in [-0.39, 0.29) is 5.91 Å². The van der Waals surface area contributed by atoms with Gasteiger partial charge < -0.3 is 10.2 Å². The van der Waals surface area contributed by atoms with Crippen molar-refractivity contribution in [2.45, 2.75) is 46.1 Å². The molecule has 1 amide bonds. The quantitative estimate of drug-likeness (QED) is 0.737. The number of aryl methyl sites for hydroxylation is 1. The molecule has 146 valence electrons. The number of hydrogen-bond acceptors (Lipinski definition) is 4. The van der Waals surface area contributed by atoms with Crippen molar-refractivity contribution in [2.75, 3.05) is 18.0 Å². The number of amides is 1. The summed E-state index contributed by atoms with van der Waals surface area (Å²) in [7, 11) is 0. The molecule has 1 aromatic carbocycles. The smallest absolute Gasteiger partial charge is 0.272 e. The number of benzene rings is 1. The Labute approximate surface area is 165 Å². The Morgan fingerprint density at radius 2 is 1.89 bits per heavy atom. The molecule has 1 fully saturated rings. The van der Waals surface area contributed by atoms with Gasteiger partial charge in [-0.05, 0) is 36.8 Å². The van der Waals surface area contributed by atoms with Gasteiger partial charge in [-0.25, -0.2) is 9.50 Å². The van der Waals surface area contributed by atoms with E-state index in [4.69, 9.17) is 4.98 Å². The second-order valence-electron chi connectivity index (χ2n) is 7.84. The van der Waals surface area contributed by atoms with Crippen LogP contribution in [0.3, 0.4) is 0 Å². The second kappa shape index (κ2) is 7.62. The monoisotopic (exact) mass is 377 g/mol. The van der Waals surface area contributed by atoms with Crippen LogP contribution in [0.2, 0.25) is 0 Å². The highest BCUT2D eigenvalue weighted by Crippen LogP contribution is 2.24. The Morgan fingerprint density at radius 1 is 1.18 bits per heavy atom. The van der Waals surface area contributed by atoms with E-state index in [0.29, 0.717) is 18.2 Å². The van der Waals surface area contributed by atoms with Gasteiger partial charge in [0.15, 0.2) is 11.5 Å². The highest BCUT2D eigenvalue weighted by molar-refractivity contribution is 5.94. The summed E-state index contributed by atoms with van der Waals surface area (Å²) in [6.45, 7) is 8.80. The minimum atomic E-state index is -0.165. The zero-order chi connectivity index (χ0) is 19.7. The van der Waals surface area contributed by atoms with Crippen molar-refractivity contribution in [3.05, 3.63) is 59.0 Å². The average molecular weight is 377 g/mol. The Bertz CT molecular complexity index is 984. The summed E-state index contributed by atoms with van der Waals surface area (Å²) in [5.74, 6) is 1.26. The van der Waals surface area contributed by atoms with Crippen LogP contribution in [0.25, 0.3) is 5.52 Å². The van der Waals surface area contributed by atoms with E-state index in [2.05, 4.69) is 53.4 Å². The maximum atomic E-state index is 12.7. The van der Waals surface area contributed by atoms with E-state index >= 15 is 0 Å². The molecule has 6 nitrogen and oxygen atoms in total. The molecule has 1 aliphatic rings. The fraction of sp³-hybridized carbons (Fsp3) is 0.409. The lowest BCUT2D eigenvalue weighted by Crippen LogP contribution is -2.23. The molecule has 0 bridgehead atoms. The molecule has 6 heteroatoms. The van der Waals surface area contributed by atoms with Crippen molar-refractivity contribution >= 4 is 17.2 Å². The van der Waals surface area contributed by atoms with Crippen LogP contribution in [0, 0.1) is 6.92 Å². The molecule has 0 radical (unpaired) electrons. The van der Waals surface area contributed by atoms with Crippen LogP contribution in [0.5, 0.6) is 0 Å². The molecule has 1 saturated heterocycles. The van der Waals surface area contributed by atoms with Gasteiger partial charge in [0.25, 0.3) is 5.91 Å². The van der Waals surface area contributed by atoms with Crippen molar-refractivity contribution in [3.8, 4) is 0 Å². The molecular weight excluding hydrogens is 350 g/mol. The van der Waals surface area contributed by atoms with Crippen LogP contribution in [0.15, 0.2) is 36.5 Å².